The Labute approximate surface area is 177 Å². The van der Waals surface area contributed by atoms with Crippen LogP contribution in [0.25, 0.3) is 0 Å². The number of Topliss-reactive ketones (excluding diaryl/α,β-unsaturated/α-hetero) is 1. The van der Waals surface area contributed by atoms with Crippen molar-refractivity contribution in [1.82, 2.24) is 0 Å². The lowest BCUT2D eigenvalue weighted by atomic mass is 9.72. The minimum atomic E-state index is -0.504. The van der Waals surface area contributed by atoms with E-state index in [2.05, 4.69) is 39.8 Å². The molecule has 0 atom stereocenters. The van der Waals surface area contributed by atoms with Crippen LogP contribution in [-0.4, -0.2) is 18.4 Å². The molecular weight excluding hydrogens is 360 g/mol. The summed E-state index contributed by atoms with van der Waals surface area (Å²) in [5.41, 5.74) is 4.60. The highest BCUT2D eigenvalue weighted by molar-refractivity contribution is 5.89. The maximum atomic E-state index is 11.8. The minimum absolute atomic E-state index is 0.0933. The topological polar surface area (TPSA) is 43.4 Å². The van der Waals surface area contributed by atoms with E-state index >= 15 is 0 Å². The highest BCUT2D eigenvalue weighted by atomic mass is 16.5. The van der Waals surface area contributed by atoms with E-state index in [1.165, 1.54) is 36.5 Å². The quantitative estimate of drug-likeness (QED) is 0.273. The molecule has 0 unspecified atom stereocenters. The standard InChI is InChI=1S/C26H38O3/c1-19(14-15-22-21(3)13-10-16-26(22,7)8)11-9-12-20(2)17-24(28)29-18-23(27)25(4,5)6/h9,11-12,14-15,17H,10,13,16,18H2,1-8H3/b12-9+,15-14+,19-11-,20-17-. The molecule has 0 saturated carbocycles. The first kappa shape index (κ1) is 24.9. The van der Waals surface area contributed by atoms with Crippen LogP contribution in [0, 0.1) is 10.8 Å². The Bertz CT molecular complexity index is 762. The van der Waals surface area contributed by atoms with Gasteiger partial charge < -0.3 is 4.74 Å². The summed E-state index contributed by atoms with van der Waals surface area (Å²) in [6.07, 6.45) is 15.3. The Morgan fingerprint density at radius 1 is 1.10 bits per heavy atom. The molecule has 0 amide bonds. The molecule has 0 aromatic heterocycles. The number of allylic oxidation sites excluding steroid dienone is 9. The van der Waals surface area contributed by atoms with Gasteiger partial charge in [-0.2, -0.15) is 0 Å². The predicted molar refractivity (Wildman–Crippen MR) is 122 cm³/mol. The highest BCUT2D eigenvalue weighted by Gasteiger charge is 2.26. The van der Waals surface area contributed by atoms with Crippen molar-refractivity contribution in [2.45, 2.75) is 74.7 Å². The van der Waals surface area contributed by atoms with Crippen LogP contribution in [0.2, 0.25) is 0 Å². The van der Waals surface area contributed by atoms with E-state index in [9.17, 15) is 9.59 Å². The zero-order valence-electron chi connectivity index (χ0n) is 19.5. The average Bonchev–Trinajstić information content (AvgIpc) is 2.57. The summed E-state index contributed by atoms with van der Waals surface area (Å²) in [6.45, 7) is 16.0. The van der Waals surface area contributed by atoms with E-state index in [-0.39, 0.29) is 17.8 Å². The fraction of sp³-hybridized carbons (Fsp3) is 0.538. The second kappa shape index (κ2) is 10.6. The van der Waals surface area contributed by atoms with Gasteiger partial charge in [-0.1, -0.05) is 76.1 Å². The number of carbonyl (C=O) groups excluding carboxylic acids is 2. The molecule has 1 aliphatic carbocycles. The summed E-state index contributed by atoms with van der Waals surface area (Å²) in [4.78, 5) is 23.6. The largest absolute Gasteiger partial charge is 0.454 e. The van der Waals surface area contributed by atoms with Gasteiger partial charge in [-0.05, 0) is 56.6 Å². The molecule has 0 fully saturated rings. The fourth-order valence-electron chi connectivity index (χ4n) is 3.26. The summed E-state index contributed by atoms with van der Waals surface area (Å²) >= 11 is 0. The Kier molecular flexibility index (Phi) is 9.07. The van der Waals surface area contributed by atoms with Crippen molar-refractivity contribution in [3.63, 3.8) is 0 Å². The summed E-state index contributed by atoms with van der Waals surface area (Å²) in [5.74, 6) is -0.587. The van der Waals surface area contributed by atoms with Crippen molar-refractivity contribution in [1.29, 1.82) is 0 Å². The highest BCUT2D eigenvalue weighted by Crippen LogP contribution is 2.40. The molecule has 0 aromatic rings. The molecule has 160 valence electrons. The summed E-state index contributed by atoms with van der Waals surface area (Å²) < 4.78 is 5.03. The zero-order valence-corrected chi connectivity index (χ0v) is 19.5. The van der Waals surface area contributed by atoms with Gasteiger partial charge in [0.05, 0.1) is 0 Å². The Hall–Kier alpha value is -2.16. The summed E-state index contributed by atoms with van der Waals surface area (Å²) in [7, 11) is 0. The van der Waals surface area contributed by atoms with E-state index in [0.29, 0.717) is 0 Å². The van der Waals surface area contributed by atoms with Crippen LogP contribution in [0.4, 0.5) is 0 Å². The number of esters is 1. The fourth-order valence-corrected chi connectivity index (χ4v) is 3.26. The van der Waals surface area contributed by atoms with E-state index in [0.717, 1.165) is 11.1 Å². The number of ether oxygens (including phenoxy) is 1. The first-order chi connectivity index (χ1) is 13.3. The van der Waals surface area contributed by atoms with Crippen LogP contribution in [0.1, 0.15) is 74.7 Å². The van der Waals surface area contributed by atoms with Crippen molar-refractivity contribution in [3.05, 3.63) is 58.7 Å². The molecule has 1 rings (SSSR count). The lowest BCUT2D eigenvalue weighted by Crippen LogP contribution is -2.26. The second-order valence-electron chi connectivity index (χ2n) is 9.70. The van der Waals surface area contributed by atoms with Gasteiger partial charge in [0.25, 0.3) is 0 Å². The van der Waals surface area contributed by atoms with Gasteiger partial charge in [0.15, 0.2) is 12.4 Å². The third kappa shape index (κ3) is 8.81. The molecule has 0 N–H and O–H groups in total. The molecular formula is C26H38O3. The number of rotatable bonds is 7. The van der Waals surface area contributed by atoms with Gasteiger partial charge in [-0.25, -0.2) is 4.79 Å². The van der Waals surface area contributed by atoms with Crippen molar-refractivity contribution >= 4 is 11.8 Å². The third-order valence-corrected chi connectivity index (χ3v) is 5.30. The van der Waals surface area contributed by atoms with Crippen molar-refractivity contribution in [2.24, 2.45) is 10.8 Å². The van der Waals surface area contributed by atoms with Crippen LogP contribution in [0.3, 0.4) is 0 Å². The van der Waals surface area contributed by atoms with Gasteiger partial charge in [0.2, 0.25) is 0 Å². The lowest BCUT2D eigenvalue weighted by Gasteiger charge is -2.32. The van der Waals surface area contributed by atoms with Crippen LogP contribution < -0.4 is 0 Å². The average molecular weight is 399 g/mol. The van der Waals surface area contributed by atoms with Gasteiger partial charge in [-0.3, -0.25) is 4.79 Å². The number of hydrogen-bond donors (Lipinski definition) is 0. The van der Waals surface area contributed by atoms with Crippen molar-refractivity contribution in [3.8, 4) is 0 Å². The van der Waals surface area contributed by atoms with Gasteiger partial charge in [0, 0.05) is 11.5 Å². The molecule has 0 aliphatic heterocycles. The van der Waals surface area contributed by atoms with Crippen molar-refractivity contribution < 1.29 is 14.3 Å². The van der Waals surface area contributed by atoms with Gasteiger partial charge >= 0.3 is 5.97 Å². The maximum Gasteiger partial charge on any atom is 0.331 e. The Morgan fingerprint density at radius 3 is 2.34 bits per heavy atom. The second-order valence-corrected chi connectivity index (χ2v) is 9.70. The first-order valence-electron chi connectivity index (χ1n) is 10.4. The predicted octanol–water partition coefficient (Wildman–Crippen LogP) is 6.68. The van der Waals surface area contributed by atoms with E-state index in [4.69, 9.17) is 4.74 Å². The van der Waals surface area contributed by atoms with Gasteiger partial charge in [-0.15, -0.1) is 0 Å². The zero-order chi connectivity index (χ0) is 22.2. The maximum absolute atomic E-state index is 11.8. The smallest absolute Gasteiger partial charge is 0.331 e. The molecule has 0 bridgehead atoms. The molecule has 0 radical (unpaired) electrons. The van der Waals surface area contributed by atoms with E-state index in [1.54, 1.807) is 0 Å². The van der Waals surface area contributed by atoms with E-state index in [1.807, 2.05) is 45.9 Å². The van der Waals surface area contributed by atoms with E-state index < -0.39 is 11.4 Å². The molecule has 0 aromatic carbocycles. The molecule has 0 spiro atoms. The Balaban J connectivity index is 2.65. The molecule has 3 nitrogen and oxygen atoms in total. The summed E-state index contributed by atoms with van der Waals surface area (Å²) in [6, 6.07) is 0. The minimum Gasteiger partial charge on any atom is -0.454 e. The van der Waals surface area contributed by atoms with Crippen molar-refractivity contribution in [2.75, 3.05) is 6.61 Å². The number of ketones is 1. The molecule has 29 heavy (non-hydrogen) atoms. The lowest BCUT2D eigenvalue weighted by molar-refractivity contribution is -0.145. The van der Waals surface area contributed by atoms with Crippen LogP contribution in [-0.2, 0) is 14.3 Å². The van der Waals surface area contributed by atoms with Crippen LogP contribution >= 0.6 is 0 Å². The normalized spacial score (nSPS) is 18.6. The third-order valence-electron chi connectivity index (χ3n) is 5.30. The van der Waals surface area contributed by atoms with Crippen LogP contribution in [0.5, 0.6) is 0 Å². The van der Waals surface area contributed by atoms with Gasteiger partial charge in [0.1, 0.15) is 0 Å². The molecule has 1 aliphatic rings. The number of carbonyl (C=O) groups is 2. The molecule has 3 heteroatoms. The number of hydrogen-bond acceptors (Lipinski definition) is 3. The monoisotopic (exact) mass is 398 g/mol. The SMILES string of the molecule is CC1=C(/C=C/C(C)=C\C=C\C(C)=C/C(=O)OCC(=O)C(C)(C)C)C(C)(C)CCC1. The summed E-state index contributed by atoms with van der Waals surface area (Å²) in [5, 5.41) is 0. The first-order valence-corrected chi connectivity index (χ1v) is 10.4. The molecule has 0 heterocycles. The van der Waals surface area contributed by atoms with Crippen LogP contribution in [0.15, 0.2) is 58.7 Å². The Morgan fingerprint density at radius 2 is 1.76 bits per heavy atom. The molecule has 0 saturated heterocycles.